The zero-order valence-electron chi connectivity index (χ0n) is 20.4. The fourth-order valence-electron chi connectivity index (χ4n) is 9.69. The molecule has 0 saturated heterocycles. The first-order valence-corrected chi connectivity index (χ1v) is 14.7. The van der Waals surface area contributed by atoms with E-state index in [0.29, 0.717) is 47.3 Å². The quantitative estimate of drug-likeness (QED) is 0.515. The predicted octanol–water partition coefficient (Wildman–Crippen LogP) is 5.80. The molecule has 11 atom stereocenters. The Kier molecular flexibility index (Phi) is 6.40. The highest BCUT2D eigenvalue weighted by Gasteiger charge is 2.64. The molecule has 4 aliphatic rings. The highest BCUT2D eigenvalue weighted by atomic mass is 32.2. The number of aliphatic hydroxyl groups is 1. The fraction of sp³-hybridized carbons (Fsp3) is 1.00. The number of hydrogen-bond acceptors (Lipinski definition) is 3. The van der Waals surface area contributed by atoms with E-state index in [2.05, 4.69) is 34.6 Å². The van der Waals surface area contributed by atoms with E-state index in [4.69, 9.17) is 0 Å². The van der Waals surface area contributed by atoms with E-state index in [1.165, 1.54) is 38.5 Å². The van der Waals surface area contributed by atoms with Gasteiger partial charge in [0.25, 0.3) is 10.1 Å². The van der Waals surface area contributed by atoms with Crippen LogP contribution in [0.1, 0.15) is 92.4 Å². The van der Waals surface area contributed by atoms with Crippen LogP contribution in [0, 0.1) is 58.2 Å². The van der Waals surface area contributed by atoms with Crippen molar-refractivity contribution in [3.05, 3.63) is 0 Å². The molecule has 0 bridgehead atoms. The molecule has 0 aliphatic heterocycles. The number of rotatable bonds is 5. The molecule has 0 radical (unpaired) electrons. The summed E-state index contributed by atoms with van der Waals surface area (Å²) in [5.74, 6) is 4.09. The Labute approximate surface area is 190 Å². The highest BCUT2D eigenvalue weighted by Crippen LogP contribution is 2.69. The van der Waals surface area contributed by atoms with Crippen LogP contribution in [0.25, 0.3) is 0 Å². The van der Waals surface area contributed by atoms with Gasteiger partial charge in [0.1, 0.15) is 0 Å². The van der Waals surface area contributed by atoms with Gasteiger partial charge >= 0.3 is 0 Å². The molecule has 5 unspecified atom stereocenters. The molecular weight excluding hydrogens is 408 g/mol. The molecule has 4 saturated carbocycles. The topological polar surface area (TPSA) is 74.6 Å². The third kappa shape index (κ3) is 3.93. The highest BCUT2D eigenvalue weighted by molar-refractivity contribution is 7.85. The summed E-state index contributed by atoms with van der Waals surface area (Å²) in [6.07, 6.45) is 10.1. The fourth-order valence-corrected chi connectivity index (χ4v) is 10.4. The smallest absolute Gasteiger partial charge is 0.264 e. The molecule has 4 fully saturated rings. The van der Waals surface area contributed by atoms with Crippen molar-refractivity contribution in [2.75, 3.05) is 5.75 Å². The van der Waals surface area contributed by atoms with Crippen molar-refractivity contribution in [2.45, 2.75) is 98.5 Å². The van der Waals surface area contributed by atoms with Gasteiger partial charge in [0.15, 0.2) is 0 Å². The second-order valence-corrected chi connectivity index (χ2v) is 14.2. The summed E-state index contributed by atoms with van der Waals surface area (Å²) >= 11 is 0. The van der Waals surface area contributed by atoms with E-state index in [-0.39, 0.29) is 23.2 Å². The minimum absolute atomic E-state index is 0.129. The van der Waals surface area contributed by atoms with Crippen LogP contribution in [0.4, 0.5) is 0 Å². The maximum Gasteiger partial charge on any atom is 0.264 e. The lowest BCUT2D eigenvalue weighted by Crippen LogP contribution is -2.61. The number of aliphatic hydroxyl groups excluding tert-OH is 1. The van der Waals surface area contributed by atoms with Gasteiger partial charge in [-0.1, -0.05) is 47.5 Å². The molecule has 4 aliphatic carbocycles. The number of hydrogen-bond donors (Lipinski definition) is 2. The van der Waals surface area contributed by atoms with Crippen LogP contribution < -0.4 is 0 Å². The van der Waals surface area contributed by atoms with Gasteiger partial charge in [0, 0.05) is 0 Å². The van der Waals surface area contributed by atoms with Crippen LogP contribution in [0.15, 0.2) is 0 Å². The van der Waals surface area contributed by atoms with E-state index in [1.807, 2.05) is 0 Å². The average Bonchev–Trinajstić information content (AvgIpc) is 3.04. The Morgan fingerprint density at radius 3 is 2.29 bits per heavy atom. The molecule has 0 aromatic heterocycles. The molecule has 0 aromatic carbocycles. The van der Waals surface area contributed by atoms with E-state index >= 15 is 0 Å². The third-order valence-electron chi connectivity index (χ3n) is 11.3. The molecule has 31 heavy (non-hydrogen) atoms. The first kappa shape index (κ1) is 24.0. The van der Waals surface area contributed by atoms with Crippen LogP contribution in [0.2, 0.25) is 0 Å². The Morgan fingerprint density at radius 2 is 1.65 bits per heavy atom. The van der Waals surface area contributed by atoms with Crippen LogP contribution >= 0.6 is 0 Å². The molecule has 0 heterocycles. The molecule has 4 nitrogen and oxygen atoms in total. The molecule has 5 heteroatoms. The first-order valence-electron chi connectivity index (χ1n) is 13.1. The second-order valence-electron chi connectivity index (χ2n) is 12.6. The lowest BCUT2D eigenvalue weighted by atomic mass is 9.41. The zero-order valence-corrected chi connectivity index (χ0v) is 21.2. The van der Waals surface area contributed by atoms with Crippen molar-refractivity contribution in [1.82, 2.24) is 0 Å². The van der Waals surface area contributed by atoms with Gasteiger partial charge < -0.3 is 5.11 Å². The predicted molar refractivity (Wildman–Crippen MR) is 125 cm³/mol. The Bertz CT molecular complexity index is 765. The molecule has 0 amide bonds. The van der Waals surface area contributed by atoms with Gasteiger partial charge in [0.2, 0.25) is 0 Å². The summed E-state index contributed by atoms with van der Waals surface area (Å²) in [5, 5.41) is 11.8. The van der Waals surface area contributed by atoms with Gasteiger partial charge in [-0.15, -0.1) is 0 Å². The summed E-state index contributed by atoms with van der Waals surface area (Å²) in [6, 6.07) is 0. The molecule has 180 valence electrons. The van der Waals surface area contributed by atoms with E-state index in [0.717, 1.165) is 18.8 Å². The molecule has 0 aromatic rings. The lowest BCUT2D eigenvalue weighted by molar-refractivity contribution is -0.198. The Balaban J connectivity index is 1.61. The van der Waals surface area contributed by atoms with Crippen molar-refractivity contribution in [3.63, 3.8) is 0 Å². The monoisotopic (exact) mass is 454 g/mol. The van der Waals surface area contributed by atoms with Gasteiger partial charge in [0.05, 0.1) is 11.9 Å². The lowest BCUT2D eigenvalue weighted by Gasteiger charge is -2.65. The normalized spacial score (nSPS) is 50.9. The van der Waals surface area contributed by atoms with Crippen LogP contribution in [-0.2, 0) is 10.1 Å². The zero-order chi connectivity index (χ0) is 22.8. The van der Waals surface area contributed by atoms with Gasteiger partial charge in [-0.3, -0.25) is 4.55 Å². The Hall–Kier alpha value is -0.130. The molecule has 0 spiro atoms. The van der Waals surface area contributed by atoms with Crippen molar-refractivity contribution >= 4 is 10.1 Å². The van der Waals surface area contributed by atoms with E-state index < -0.39 is 10.1 Å². The van der Waals surface area contributed by atoms with Crippen LogP contribution in [-0.4, -0.2) is 29.9 Å². The van der Waals surface area contributed by atoms with Gasteiger partial charge in [-0.2, -0.15) is 8.42 Å². The minimum Gasteiger partial charge on any atom is -0.393 e. The average molecular weight is 455 g/mol. The van der Waals surface area contributed by atoms with E-state index in [1.54, 1.807) is 0 Å². The van der Waals surface area contributed by atoms with Crippen molar-refractivity contribution < 1.29 is 18.1 Å². The van der Waals surface area contributed by atoms with Gasteiger partial charge in [-0.05, 0) is 103 Å². The standard InChI is InChI=1S/C26H46O4S/c1-6-18-22-15-16(2)9-12-26(22,5)21-10-13-25(4)19(17(3)11-14-31(28,29)30)7-8-20(25)23(21)24(18)27/h16-24,27H,6-15H2,1-5H3,(H,28,29,30)/t16-,17-,18-,19?,20?,21?,22+,23?,24?,25-,26-/m1/s1. The van der Waals surface area contributed by atoms with Crippen LogP contribution in [0.3, 0.4) is 0 Å². The van der Waals surface area contributed by atoms with Crippen molar-refractivity contribution in [3.8, 4) is 0 Å². The first-order chi connectivity index (χ1) is 14.4. The molecule has 4 rings (SSSR count). The summed E-state index contributed by atoms with van der Waals surface area (Å²) in [7, 11) is -3.90. The maximum atomic E-state index is 11.8. The van der Waals surface area contributed by atoms with Crippen LogP contribution in [0.5, 0.6) is 0 Å². The maximum absolute atomic E-state index is 11.8. The van der Waals surface area contributed by atoms with Crippen molar-refractivity contribution in [1.29, 1.82) is 0 Å². The summed E-state index contributed by atoms with van der Waals surface area (Å²) in [4.78, 5) is 0. The third-order valence-corrected chi connectivity index (χ3v) is 12.0. The second kappa shape index (κ2) is 8.27. The molecular formula is C26H46O4S. The van der Waals surface area contributed by atoms with Crippen molar-refractivity contribution in [2.24, 2.45) is 58.2 Å². The number of fused-ring (bicyclic) bond motifs is 5. The molecule has 2 N–H and O–H groups in total. The Morgan fingerprint density at radius 1 is 1.00 bits per heavy atom. The summed E-state index contributed by atoms with van der Waals surface area (Å²) in [6.45, 7) is 11.9. The van der Waals surface area contributed by atoms with E-state index in [9.17, 15) is 18.1 Å². The SMILES string of the molecule is CC[C@H]1C(O)C2C3CCC([C@H](C)CCS(=O)(=O)O)[C@@]3(C)CCC2[C@@]2(C)CC[C@@H](C)C[C@@H]12. The largest absolute Gasteiger partial charge is 0.393 e. The minimum atomic E-state index is -3.90. The summed E-state index contributed by atoms with van der Waals surface area (Å²) in [5.41, 5.74) is 0.553. The van der Waals surface area contributed by atoms with Gasteiger partial charge in [-0.25, -0.2) is 0 Å². The summed E-state index contributed by atoms with van der Waals surface area (Å²) < 4.78 is 31.9.